The summed E-state index contributed by atoms with van der Waals surface area (Å²) in [5.74, 6) is 1.89. The standard InChI is InChI=1S/C24H31NO8/c1-28-18-9-8-16(13-19(18)29-2)17(14-23(27)32-5)25-22(26)10-7-15-11-20(30-3)24(33-6)21(12-15)31-4/h8-9,11-13,17H,7,10,14H2,1-6H3,(H,25,26). The predicted molar refractivity (Wildman–Crippen MR) is 121 cm³/mol. The molecule has 180 valence electrons. The van der Waals surface area contributed by atoms with Crippen LogP contribution in [0.3, 0.4) is 0 Å². The van der Waals surface area contributed by atoms with Crippen LogP contribution in [-0.2, 0) is 20.7 Å². The Morgan fingerprint density at radius 3 is 1.91 bits per heavy atom. The van der Waals surface area contributed by atoms with Crippen molar-refractivity contribution in [1.29, 1.82) is 0 Å². The van der Waals surface area contributed by atoms with Crippen molar-refractivity contribution in [3.63, 3.8) is 0 Å². The van der Waals surface area contributed by atoms with E-state index in [2.05, 4.69) is 5.32 Å². The first-order valence-electron chi connectivity index (χ1n) is 10.3. The minimum atomic E-state index is -0.593. The number of carbonyl (C=O) groups is 2. The Bertz CT molecular complexity index is 934. The molecule has 0 heterocycles. The molecule has 0 bridgehead atoms. The molecule has 2 aromatic rings. The van der Waals surface area contributed by atoms with E-state index in [1.807, 2.05) is 0 Å². The minimum absolute atomic E-state index is 0.0259. The van der Waals surface area contributed by atoms with Gasteiger partial charge in [0.2, 0.25) is 11.7 Å². The number of nitrogens with one attached hydrogen (secondary N) is 1. The predicted octanol–water partition coefficient (Wildman–Crippen LogP) is 3.08. The van der Waals surface area contributed by atoms with Gasteiger partial charge in [-0.3, -0.25) is 9.59 Å². The smallest absolute Gasteiger partial charge is 0.307 e. The average Bonchev–Trinajstić information content (AvgIpc) is 2.85. The number of aryl methyl sites for hydroxylation is 1. The van der Waals surface area contributed by atoms with E-state index >= 15 is 0 Å². The first kappa shape index (κ1) is 25.6. The second-order valence-electron chi connectivity index (χ2n) is 7.05. The van der Waals surface area contributed by atoms with E-state index in [4.69, 9.17) is 28.4 Å². The van der Waals surface area contributed by atoms with E-state index < -0.39 is 12.0 Å². The topological polar surface area (TPSA) is 102 Å². The van der Waals surface area contributed by atoms with Gasteiger partial charge in [0.1, 0.15) is 0 Å². The van der Waals surface area contributed by atoms with Gasteiger partial charge in [-0.15, -0.1) is 0 Å². The Labute approximate surface area is 193 Å². The van der Waals surface area contributed by atoms with Crippen molar-refractivity contribution in [1.82, 2.24) is 5.32 Å². The number of amides is 1. The van der Waals surface area contributed by atoms with Crippen molar-refractivity contribution in [3.05, 3.63) is 41.5 Å². The van der Waals surface area contributed by atoms with Gasteiger partial charge < -0.3 is 33.7 Å². The molecule has 9 heteroatoms. The van der Waals surface area contributed by atoms with Crippen molar-refractivity contribution < 1.29 is 38.0 Å². The molecule has 2 aromatic carbocycles. The number of methoxy groups -OCH3 is 6. The summed E-state index contributed by atoms with van der Waals surface area (Å²) in [7, 11) is 8.97. The average molecular weight is 462 g/mol. The van der Waals surface area contributed by atoms with Crippen LogP contribution in [0.1, 0.15) is 30.0 Å². The Morgan fingerprint density at radius 1 is 0.788 bits per heavy atom. The molecule has 1 atom stereocenters. The van der Waals surface area contributed by atoms with Crippen molar-refractivity contribution in [3.8, 4) is 28.7 Å². The highest BCUT2D eigenvalue weighted by Crippen LogP contribution is 2.38. The number of rotatable bonds is 12. The molecule has 0 aromatic heterocycles. The molecule has 1 amide bonds. The lowest BCUT2D eigenvalue weighted by Gasteiger charge is -2.20. The molecule has 1 unspecified atom stereocenters. The van der Waals surface area contributed by atoms with Gasteiger partial charge in [-0.25, -0.2) is 0 Å². The number of carbonyl (C=O) groups excluding carboxylic acids is 2. The van der Waals surface area contributed by atoms with Crippen LogP contribution in [0.15, 0.2) is 30.3 Å². The summed E-state index contributed by atoms with van der Waals surface area (Å²) in [6.45, 7) is 0. The molecule has 1 N–H and O–H groups in total. The second-order valence-corrected chi connectivity index (χ2v) is 7.05. The van der Waals surface area contributed by atoms with Gasteiger partial charge in [-0.05, 0) is 41.8 Å². The van der Waals surface area contributed by atoms with Gasteiger partial charge in [0, 0.05) is 6.42 Å². The molecule has 33 heavy (non-hydrogen) atoms. The first-order valence-corrected chi connectivity index (χ1v) is 10.3. The summed E-state index contributed by atoms with van der Waals surface area (Å²) in [4.78, 5) is 24.7. The van der Waals surface area contributed by atoms with Gasteiger partial charge in [-0.1, -0.05) is 6.07 Å². The van der Waals surface area contributed by atoms with E-state index in [0.717, 1.165) is 5.56 Å². The zero-order chi connectivity index (χ0) is 24.4. The maximum absolute atomic E-state index is 12.8. The highest BCUT2D eigenvalue weighted by molar-refractivity contribution is 5.78. The highest BCUT2D eigenvalue weighted by atomic mass is 16.5. The lowest BCUT2D eigenvalue weighted by molar-refractivity contribution is -0.141. The van der Waals surface area contributed by atoms with Crippen LogP contribution in [0.5, 0.6) is 28.7 Å². The van der Waals surface area contributed by atoms with Crippen molar-refractivity contribution >= 4 is 11.9 Å². The maximum atomic E-state index is 12.8. The zero-order valence-corrected chi connectivity index (χ0v) is 19.9. The fraction of sp³-hybridized carbons (Fsp3) is 0.417. The van der Waals surface area contributed by atoms with Crippen molar-refractivity contribution in [2.24, 2.45) is 0 Å². The number of hydrogen-bond acceptors (Lipinski definition) is 8. The first-order chi connectivity index (χ1) is 15.9. The van der Waals surface area contributed by atoms with Gasteiger partial charge in [0.25, 0.3) is 0 Å². The van der Waals surface area contributed by atoms with E-state index in [9.17, 15) is 9.59 Å². The quantitative estimate of drug-likeness (QED) is 0.481. The number of benzene rings is 2. The molecule has 0 aliphatic carbocycles. The molecule has 9 nitrogen and oxygen atoms in total. The van der Waals surface area contributed by atoms with Crippen molar-refractivity contribution in [2.75, 3.05) is 42.7 Å². The van der Waals surface area contributed by atoms with E-state index in [1.165, 1.54) is 42.7 Å². The number of hydrogen-bond donors (Lipinski definition) is 1. The fourth-order valence-electron chi connectivity index (χ4n) is 3.38. The number of ether oxygens (including phenoxy) is 6. The van der Waals surface area contributed by atoms with E-state index in [0.29, 0.717) is 40.7 Å². The van der Waals surface area contributed by atoms with Gasteiger partial charge in [0.15, 0.2) is 23.0 Å². The van der Waals surface area contributed by atoms with Crippen LogP contribution in [0, 0.1) is 0 Å². The molecule has 0 aliphatic heterocycles. The SMILES string of the molecule is COC(=O)CC(NC(=O)CCc1cc(OC)c(OC)c(OC)c1)c1ccc(OC)c(OC)c1. The zero-order valence-electron chi connectivity index (χ0n) is 19.9. The fourth-order valence-corrected chi connectivity index (χ4v) is 3.38. The minimum Gasteiger partial charge on any atom is -0.493 e. The largest absolute Gasteiger partial charge is 0.493 e. The van der Waals surface area contributed by atoms with Crippen molar-refractivity contribution in [2.45, 2.75) is 25.3 Å². The van der Waals surface area contributed by atoms with Crippen LogP contribution in [-0.4, -0.2) is 54.5 Å². The van der Waals surface area contributed by atoms with Crippen LogP contribution in [0.4, 0.5) is 0 Å². The molecule has 0 aliphatic rings. The Morgan fingerprint density at radius 2 is 1.39 bits per heavy atom. The Hall–Kier alpha value is -3.62. The van der Waals surface area contributed by atoms with Crippen LogP contribution in [0.25, 0.3) is 0 Å². The molecule has 0 radical (unpaired) electrons. The maximum Gasteiger partial charge on any atom is 0.307 e. The van der Waals surface area contributed by atoms with Gasteiger partial charge >= 0.3 is 5.97 Å². The Balaban J connectivity index is 2.18. The summed E-state index contributed by atoms with van der Waals surface area (Å²) < 4.78 is 31.5. The highest BCUT2D eigenvalue weighted by Gasteiger charge is 2.21. The van der Waals surface area contributed by atoms with E-state index in [1.54, 1.807) is 30.3 Å². The summed E-state index contributed by atoms with van der Waals surface area (Å²) in [5, 5.41) is 2.91. The van der Waals surface area contributed by atoms with Crippen LogP contribution < -0.4 is 29.0 Å². The second kappa shape index (κ2) is 12.4. The van der Waals surface area contributed by atoms with E-state index in [-0.39, 0.29) is 18.7 Å². The lowest BCUT2D eigenvalue weighted by atomic mass is 10.0. The summed E-state index contributed by atoms with van der Waals surface area (Å²) in [6, 6.07) is 8.23. The summed E-state index contributed by atoms with van der Waals surface area (Å²) in [6.07, 6.45) is 0.588. The molecule has 0 saturated carbocycles. The van der Waals surface area contributed by atoms with Crippen LogP contribution in [0.2, 0.25) is 0 Å². The summed E-state index contributed by atoms with van der Waals surface area (Å²) >= 11 is 0. The molecular formula is C24H31NO8. The monoisotopic (exact) mass is 461 g/mol. The third-order valence-corrected chi connectivity index (χ3v) is 5.11. The van der Waals surface area contributed by atoms with Gasteiger partial charge in [0.05, 0.1) is 55.1 Å². The third-order valence-electron chi connectivity index (χ3n) is 5.11. The summed E-state index contributed by atoms with van der Waals surface area (Å²) in [5.41, 5.74) is 1.54. The Kier molecular flexibility index (Phi) is 9.65. The molecule has 0 fully saturated rings. The normalized spacial score (nSPS) is 11.2. The lowest BCUT2D eigenvalue weighted by Crippen LogP contribution is -2.30. The molecule has 0 spiro atoms. The molecule has 2 rings (SSSR count). The number of esters is 1. The third kappa shape index (κ3) is 6.68. The molecule has 0 saturated heterocycles. The molecular weight excluding hydrogens is 430 g/mol. The van der Waals surface area contributed by atoms with Crippen LogP contribution >= 0.6 is 0 Å². The van der Waals surface area contributed by atoms with Gasteiger partial charge in [-0.2, -0.15) is 0 Å².